The molecular weight excluding hydrogens is 322 g/mol. The molecule has 1 unspecified atom stereocenters. The van der Waals surface area contributed by atoms with Crippen molar-refractivity contribution in [1.29, 1.82) is 0 Å². The van der Waals surface area contributed by atoms with Crippen LogP contribution in [0.3, 0.4) is 0 Å². The molecular formula is C19H27NO5. The van der Waals surface area contributed by atoms with Gasteiger partial charge in [0, 0.05) is 12.1 Å². The van der Waals surface area contributed by atoms with Gasteiger partial charge in [-0.05, 0) is 44.0 Å². The van der Waals surface area contributed by atoms with Crippen molar-refractivity contribution in [1.82, 2.24) is 0 Å². The lowest BCUT2D eigenvalue weighted by atomic mass is 9.80. The molecule has 1 fully saturated rings. The molecule has 1 saturated carbocycles. The van der Waals surface area contributed by atoms with Gasteiger partial charge >= 0.3 is 5.97 Å². The predicted octanol–water partition coefficient (Wildman–Crippen LogP) is 2.69. The number of carbonyl (C=O) groups excluding carboxylic acids is 2. The minimum absolute atomic E-state index is 0.0959. The summed E-state index contributed by atoms with van der Waals surface area (Å²) in [5.74, 6) is -0.0943. The van der Waals surface area contributed by atoms with E-state index in [2.05, 4.69) is 5.32 Å². The first-order valence-electron chi connectivity index (χ1n) is 8.81. The van der Waals surface area contributed by atoms with Crippen molar-refractivity contribution in [2.24, 2.45) is 0 Å². The molecule has 6 nitrogen and oxygen atoms in total. The summed E-state index contributed by atoms with van der Waals surface area (Å²) in [5, 5.41) is 13.6. The van der Waals surface area contributed by atoms with Gasteiger partial charge in [-0.1, -0.05) is 19.3 Å². The third kappa shape index (κ3) is 5.19. The van der Waals surface area contributed by atoms with E-state index in [-0.39, 0.29) is 18.8 Å². The van der Waals surface area contributed by atoms with Crippen molar-refractivity contribution >= 4 is 17.4 Å². The van der Waals surface area contributed by atoms with Crippen LogP contribution in [0.5, 0.6) is 5.75 Å². The van der Waals surface area contributed by atoms with Crippen LogP contribution in [0, 0.1) is 0 Å². The first-order valence-corrected chi connectivity index (χ1v) is 8.81. The molecule has 1 atom stereocenters. The summed E-state index contributed by atoms with van der Waals surface area (Å²) in [4.78, 5) is 24.9. The van der Waals surface area contributed by atoms with E-state index in [1.54, 1.807) is 38.3 Å². The van der Waals surface area contributed by atoms with Gasteiger partial charge < -0.3 is 19.9 Å². The molecule has 0 amide bonds. The van der Waals surface area contributed by atoms with E-state index in [1.807, 2.05) is 0 Å². The highest BCUT2D eigenvalue weighted by atomic mass is 16.5. The van der Waals surface area contributed by atoms with Crippen molar-refractivity contribution in [3.8, 4) is 5.75 Å². The van der Waals surface area contributed by atoms with E-state index in [0.29, 0.717) is 24.3 Å². The van der Waals surface area contributed by atoms with E-state index in [1.165, 1.54) is 0 Å². The zero-order chi connectivity index (χ0) is 18.3. The van der Waals surface area contributed by atoms with Crippen LogP contribution in [0.25, 0.3) is 0 Å². The molecule has 2 N–H and O–H groups in total. The summed E-state index contributed by atoms with van der Waals surface area (Å²) >= 11 is 0. The minimum atomic E-state index is -1.31. The van der Waals surface area contributed by atoms with Gasteiger partial charge in [-0.2, -0.15) is 0 Å². The highest BCUT2D eigenvalue weighted by molar-refractivity contribution is 5.93. The second-order valence-electron chi connectivity index (χ2n) is 6.40. The summed E-state index contributed by atoms with van der Waals surface area (Å²) in [6.45, 7) is 1.96. The van der Waals surface area contributed by atoms with Crippen LogP contribution >= 0.6 is 0 Å². The Balaban J connectivity index is 2.09. The molecule has 138 valence electrons. The lowest BCUT2D eigenvalue weighted by molar-refractivity contribution is -0.149. The quantitative estimate of drug-likeness (QED) is 0.702. The molecule has 0 spiro atoms. The molecule has 0 radical (unpaired) electrons. The fourth-order valence-electron chi connectivity index (χ4n) is 3.12. The molecule has 0 aliphatic heterocycles. The van der Waals surface area contributed by atoms with Gasteiger partial charge in [-0.15, -0.1) is 0 Å². The number of methoxy groups -OCH3 is 1. The molecule has 1 aromatic rings. The monoisotopic (exact) mass is 349 g/mol. The molecule has 2 rings (SSSR count). The average molecular weight is 349 g/mol. The van der Waals surface area contributed by atoms with Crippen LogP contribution in [0.15, 0.2) is 24.3 Å². The Morgan fingerprint density at radius 2 is 1.84 bits per heavy atom. The first kappa shape index (κ1) is 19.2. The standard InChI is InChI=1S/C19H27NO5/c1-3-25-18(22)16(20-14-7-9-15(24-2)10-8-14)13-17(21)19(23)11-5-4-6-12-19/h7-10,16,20,23H,3-6,11-13H2,1-2H3. The Morgan fingerprint density at radius 1 is 1.20 bits per heavy atom. The molecule has 0 heterocycles. The second kappa shape index (κ2) is 8.85. The van der Waals surface area contributed by atoms with E-state index >= 15 is 0 Å². The smallest absolute Gasteiger partial charge is 0.329 e. The van der Waals surface area contributed by atoms with Crippen LogP contribution in [0.4, 0.5) is 5.69 Å². The van der Waals surface area contributed by atoms with Crippen LogP contribution < -0.4 is 10.1 Å². The summed E-state index contributed by atoms with van der Waals surface area (Å²) in [6, 6.07) is 6.24. The Morgan fingerprint density at radius 3 is 2.40 bits per heavy atom. The van der Waals surface area contributed by atoms with Crippen LogP contribution in [-0.4, -0.2) is 42.2 Å². The van der Waals surface area contributed by atoms with Gasteiger partial charge in [0.15, 0.2) is 5.78 Å². The lowest BCUT2D eigenvalue weighted by Crippen LogP contribution is -2.45. The van der Waals surface area contributed by atoms with Gasteiger partial charge in [-0.25, -0.2) is 4.79 Å². The fraction of sp³-hybridized carbons (Fsp3) is 0.579. The third-order valence-corrected chi connectivity index (χ3v) is 4.59. The normalized spacial score (nSPS) is 17.4. The van der Waals surface area contributed by atoms with Crippen LogP contribution in [-0.2, 0) is 14.3 Å². The summed E-state index contributed by atoms with van der Waals surface area (Å²) in [5.41, 5.74) is -0.632. The van der Waals surface area contributed by atoms with E-state index in [4.69, 9.17) is 9.47 Å². The topological polar surface area (TPSA) is 84.9 Å². The maximum absolute atomic E-state index is 12.6. The molecule has 1 aliphatic carbocycles. The minimum Gasteiger partial charge on any atom is -0.497 e. The Bertz CT molecular complexity index is 578. The number of ether oxygens (including phenoxy) is 2. The van der Waals surface area contributed by atoms with E-state index < -0.39 is 17.6 Å². The number of nitrogens with one attached hydrogen (secondary N) is 1. The summed E-state index contributed by atoms with van der Waals surface area (Å²) < 4.78 is 10.2. The molecule has 0 saturated heterocycles. The highest BCUT2D eigenvalue weighted by Crippen LogP contribution is 2.30. The number of esters is 1. The van der Waals surface area contributed by atoms with Gasteiger partial charge in [0.25, 0.3) is 0 Å². The number of ketones is 1. The first-order chi connectivity index (χ1) is 12.0. The van der Waals surface area contributed by atoms with Crippen LogP contribution in [0.2, 0.25) is 0 Å². The highest BCUT2D eigenvalue weighted by Gasteiger charge is 2.39. The van der Waals surface area contributed by atoms with Crippen molar-refractivity contribution < 1.29 is 24.2 Å². The number of benzene rings is 1. The maximum atomic E-state index is 12.6. The molecule has 1 aliphatic rings. The van der Waals surface area contributed by atoms with Crippen molar-refractivity contribution in [2.45, 2.75) is 57.1 Å². The third-order valence-electron chi connectivity index (χ3n) is 4.59. The zero-order valence-corrected chi connectivity index (χ0v) is 14.9. The van der Waals surface area contributed by atoms with Gasteiger partial charge in [0.05, 0.1) is 13.7 Å². The average Bonchev–Trinajstić information content (AvgIpc) is 2.62. The molecule has 6 heteroatoms. The Labute approximate surface area is 148 Å². The molecule has 25 heavy (non-hydrogen) atoms. The SMILES string of the molecule is CCOC(=O)C(CC(=O)C1(O)CCCCC1)Nc1ccc(OC)cc1. The number of aliphatic hydroxyl groups is 1. The number of hydrogen-bond donors (Lipinski definition) is 2. The largest absolute Gasteiger partial charge is 0.497 e. The molecule has 0 aromatic heterocycles. The fourth-order valence-corrected chi connectivity index (χ4v) is 3.12. The number of hydrogen-bond acceptors (Lipinski definition) is 6. The molecule has 1 aromatic carbocycles. The Hall–Kier alpha value is -2.08. The van der Waals surface area contributed by atoms with Crippen molar-refractivity contribution in [2.75, 3.05) is 19.0 Å². The van der Waals surface area contributed by atoms with E-state index in [9.17, 15) is 14.7 Å². The van der Waals surface area contributed by atoms with Gasteiger partial charge in [-0.3, -0.25) is 4.79 Å². The number of Topliss-reactive ketones (excluding diaryl/α,β-unsaturated/α-hetero) is 1. The summed E-state index contributed by atoms with van der Waals surface area (Å²) in [7, 11) is 1.58. The summed E-state index contributed by atoms with van der Waals surface area (Å²) in [6.07, 6.45) is 3.52. The van der Waals surface area contributed by atoms with Crippen LogP contribution in [0.1, 0.15) is 45.4 Å². The number of rotatable bonds is 8. The maximum Gasteiger partial charge on any atom is 0.329 e. The lowest BCUT2D eigenvalue weighted by Gasteiger charge is -2.31. The zero-order valence-electron chi connectivity index (χ0n) is 14.9. The van der Waals surface area contributed by atoms with E-state index in [0.717, 1.165) is 19.3 Å². The van der Waals surface area contributed by atoms with Crippen molar-refractivity contribution in [3.05, 3.63) is 24.3 Å². The number of anilines is 1. The van der Waals surface area contributed by atoms with Gasteiger partial charge in [0.2, 0.25) is 0 Å². The number of carbonyl (C=O) groups is 2. The second-order valence-corrected chi connectivity index (χ2v) is 6.40. The molecule has 0 bridgehead atoms. The predicted molar refractivity (Wildman–Crippen MR) is 94.7 cm³/mol. The van der Waals surface area contributed by atoms with Crippen molar-refractivity contribution in [3.63, 3.8) is 0 Å². The van der Waals surface area contributed by atoms with Gasteiger partial charge in [0.1, 0.15) is 17.4 Å². The Kier molecular flexibility index (Phi) is 6.82.